The molecule has 0 saturated carbocycles. The Bertz CT molecular complexity index is 429. The molecule has 2 rings (SSSR count). The lowest BCUT2D eigenvalue weighted by molar-refractivity contribution is 1.44. The topological polar surface area (TPSA) is 15.8 Å². The van der Waals surface area contributed by atoms with Gasteiger partial charge in [0.05, 0.1) is 0 Å². The first-order valence-electron chi connectivity index (χ1n) is 4.57. The SMILES string of the molecule is Cc1cccc2cc([Si](C)C)[nH]c12. The minimum Gasteiger partial charge on any atom is -0.362 e. The molecule has 0 saturated heterocycles. The van der Waals surface area contributed by atoms with Gasteiger partial charge in [0.1, 0.15) is 8.80 Å². The summed E-state index contributed by atoms with van der Waals surface area (Å²) in [5, 5.41) is 2.77. The number of hydrogen-bond donors (Lipinski definition) is 1. The Hall–Kier alpha value is -1.02. The highest BCUT2D eigenvalue weighted by molar-refractivity contribution is 6.70. The Labute approximate surface area is 80.4 Å². The highest BCUT2D eigenvalue weighted by Gasteiger charge is 2.06. The van der Waals surface area contributed by atoms with Crippen molar-refractivity contribution < 1.29 is 0 Å². The second-order valence-electron chi connectivity index (χ2n) is 3.72. The summed E-state index contributed by atoms with van der Waals surface area (Å²) in [6, 6.07) is 8.73. The molecule has 67 valence electrons. The van der Waals surface area contributed by atoms with Gasteiger partial charge in [-0.2, -0.15) is 0 Å². The van der Waals surface area contributed by atoms with Crippen molar-refractivity contribution in [1.29, 1.82) is 0 Å². The maximum Gasteiger partial charge on any atom is 0.101 e. The molecule has 1 radical (unpaired) electrons. The van der Waals surface area contributed by atoms with Crippen molar-refractivity contribution in [3.05, 3.63) is 29.8 Å². The Kier molecular flexibility index (Phi) is 2.00. The van der Waals surface area contributed by atoms with Crippen LogP contribution in [0.2, 0.25) is 13.1 Å². The fourth-order valence-electron chi connectivity index (χ4n) is 1.58. The van der Waals surface area contributed by atoms with E-state index in [0.29, 0.717) is 0 Å². The van der Waals surface area contributed by atoms with E-state index in [1.54, 1.807) is 0 Å². The third-order valence-electron chi connectivity index (χ3n) is 2.40. The second-order valence-corrected chi connectivity index (χ2v) is 6.26. The number of hydrogen-bond acceptors (Lipinski definition) is 0. The summed E-state index contributed by atoms with van der Waals surface area (Å²) in [5.41, 5.74) is 2.65. The second kappa shape index (κ2) is 3.03. The van der Waals surface area contributed by atoms with E-state index >= 15 is 0 Å². The molecule has 1 N–H and O–H groups in total. The molecule has 1 aromatic heterocycles. The number of aromatic amines is 1. The molecule has 1 nitrogen and oxygen atoms in total. The van der Waals surface area contributed by atoms with Crippen LogP contribution in [-0.2, 0) is 0 Å². The van der Waals surface area contributed by atoms with Gasteiger partial charge in [0.2, 0.25) is 0 Å². The van der Waals surface area contributed by atoms with E-state index < -0.39 is 0 Å². The monoisotopic (exact) mass is 188 g/mol. The number of nitrogens with one attached hydrogen (secondary N) is 1. The molecule has 0 unspecified atom stereocenters. The summed E-state index contributed by atoms with van der Waals surface area (Å²) in [4.78, 5) is 3.51. The van der Waals surface area contributed by atoms with Gasteiger partial charge in [-0.25, -0.2) is 0 Å². The maximum absolute atomic E-state index is 3.51. The summed E-state index contributed by atoms with van der Waals surface area (Å²) in [6.07, 6.45) is 0. The first kappa shape index (κ1) is 8.57. The predicted molar refractivity (Wildman–Crippen MR) is 60.2 cm³/mol. The van der Waals surface area contributed by atoms with Crippen molar-refractivity contribution in [3.8, 4) is 0 Å². The van der Waals surface area contributed by atoms with Crippen LogP contribution in [0.5, 0.6) is 0 Å². The van der Waals surface area contributed by atoms with Crippen LogP contribution >= 0.6 is 0 Å². The van der Waals surface area contributed by atoms with E-state index in [1.165, 1.54) is 21.8 Å². The fraction of sp³-hybridized carbons (Fsp3) is 0.273. The molecule has 0 aliphatic heterocycles. The zero-order chi connectivity index (χ0) is 9.42. The lowest BCUT2D eigenvalue weighted by Crippen LogP contribution is -2.23. The molecule has 0 aliphatic carbocycles. The molecular formula is C11H14NSi. The number of aryl methyl sites for hydroxylation is 1. The standard InChI is InChI=1S/C11H14NSi/c1-8-5-4-6-9-7-10(13(2)3)12-11(8)9/h4-7,12H,1-3H3. The van der Waals surface area contributed by atoms with Crippen LogP contribution in [0, 0.1) is 6.92 Å². The zero-order valence-electron chi connectivity index (χ0n) is 8.31. The highest BCUT2D eigenvalue weighted by atomic mass is 28.3. The summed E-state index contributed by atoms with van der Waals surface area (Å²) in [6.45, 7) is 6.77. The zero-order valence-corrected chi connectivity index (χ0v) is 9.31. The van der Waals surface area contributed by atoms with Crippen LogP contribution in [0.15, 0.2) is 24.3 Å². The van der Waals surface area contributed by atoms with E-state index in [4.69, 9.17) is 0 Å². The molecule has 0 spiro atoms. The molecule has 2 aromatic rings. The van der Waals surface area contributed by atoms with Gasteiger partial charge in [0.25, 0.3) is 0 Å². The molecule has 0 atom stereocenters. The minimum atomic E-state index is -0.345. The summed E-state index contributed by atoms with van der Waals surface area (Å²) >= 11 is 0. The van der Waals surface area contributed by atoms with Gasteiger partial charge >= 0.3 is 0 Å². The average Bonchev–Trinajstić information content (AvgIpc) is 2.49. The van der Waals surface area contributed by atoms with Gasteiger partial charge in [0, 0.05) is 5.52 Å². The van der Waals surface area contributed by atoms with Crippen LogP contribution in [0.1, 0.15) is 5.56 Å². The lowest BCUT2D eigenvalue weighted by atomic mass is 10.2. The van der Waals surface area contributed by atoms with Crippen LogP contribution in [-0.4, -0.2) is 13.8 Å². The largest absolute Gasteiger partial charge is 0.362 e. The first-order chi connectivity index (χ1) is 6.18. The maximum atomic E-state index is 3.51. The summed E-state index contributed by atoms with van der Waals surface area (Å²) in [7, 11) is -0.345. The van der Waals surface area contributed by atoms with Gasteiger partial charge < -0.3 is 4.98 Å². The Morgan fingerprint density at radius 1 is 1.23 bits per heavy atom. The van der Waals surface area contributed by atoms with E-state index in [-0.39, 0.29) is 8.80 Å². The van der Waals surface area contributed by atoms with Crippen molar-refractivity contribution in [3.63, 3.8) is 0 Å². The van der Waals surface area contributed by atoms with Crippen LogP contribution < -0.4 is 5.32 Å². The average molecular weight is 188 g/mol. The van der Waals surface area contributed by atoms with Gasteiger partial charge in [-0.3, -0.25) is 0 Å². The first-order valence-corrected chi connectivity index (χ1v) is 7.07. The van der Waals surface area contributed by atoms with Crippen LogP contribution in [0.25, 0.3) is 10.9 Å². The van der Waals surface area contributed by atoms with Gasteiger partial charge in [-0.15, -0.1) is 0 Å². The number of para-hydroxylation sites is 1. The molecular weight excluding hydrogens is 174 g/mol. The molecule has 0 aliphatic rings. The van der Waals surface area contributed by atoms with Crippen molar-refractivity contribution >= 4 is 25.0 Å². The Morgan fingerprint density at radius 3 is 2.62 bits per heavy atom. The van der Waals surface area contributed by atoms with Gasteiger partial charge in [-0.1, -0.05) is 31.3 Å². The molecule has 1 heterocycles. The summed E-state index contributed by atoms with van der Waals surface area (Å²) in [5.74, 6) is 0. The van der Waals surface area contributed by atoms with Crippen molar-refractivity contribution in [1.82, 2.24) is 4.98 Å². The van der Waals surface area contributed by atoms with Gasteiger partial charge in [-0.05, 0) is 29.3 Å². The number of fused-ring (bicyclic) bond motifs is 1. The van der Waals surface area contributed by atoms with Gasteiger partial charge in [0.15, 0.2) is 0 Å². The smallest absolute Gasteiger partial charge is 0.101 e. The molecule has 2 heteroatoms. The Morgan fingerprint density at radius 2 is 2.00 bits per heavy atom. The third kappa shape index (κ3) is 1.42. The van der Waals surface area contributed by atoms with Crippen molar-refractivity contribution in [2.24, 2.45) is 0 Å². The lowest BCUT2D eigenvalue weighted by Gasteiger charge is -1.96. The van der Waals surface area contributed by atoms with E-state index in [0.717, 1.165) is 0 Å². The quantitative estimate of drug-likeness (QED) is 0.662. The molecule has 0 amide bonds. The van der Waals surface area contributed by atoms with E-state index in [9.17, 15) is 0 Å². The molecule has 0 fully saturated rings. The van der Waals surface area contributed by atoms with E-state index in [1.807, 2.05) is 0 Å². The van der Waals surface area contributed by atoms with Crippen LogP contribution in [0.3, 0.4) is 0 Å². The van der Waals surface area contributed by atoms with Crippen molar-refractivity contribution in [2.45, 2.75) is 20.0 Å². The number of rotatable bonds is 1. The normalized spacial score (nSPS) is 11.4. The van der Waals surface area contributed by atoms with Crippen molar-refractivity contribution in [2.75, 3.05) is 0 Å². The predicted octanol–water partition coefficient (Wildman–Crippen LogP) is 2.44. The minimum absolute atomic E-state index is 0.345. The molecule has 1 aromatic carbocycles. The highest BCUT2D eigenvalue weighted by Crippen LogP contribution is 2.14. The number of aromatic nitrogens is 1. The molecule has 0 bridgehead atoms. The van der Waals surface area contributed by atoms with E-state index in [2.05, 4.69) is 49.3 Å². The van der Waals surface area contributed by atoms with Crippen LogP contribution in [0.4, 0.5) is 0 Å². The number of H-pyrrole nitrogens is 1. The third-order valence-corrected chi connectivity index (χ3v) is 3.75. The summed E-state index contributed by atoms with van der Waals surface area (Å²) < 4.78 is 0. The Balaban J connectivity index is 2.68. The molecule has 13 heavy (non-hydrogen) atoms. The number of benzene rings is 1. The fourth-order valence-corrected chi connectivity index (χ4v) is 2.40.